The van der Waals surface area contributed by atoms with Gasteiger partial charge in [0.25, 0.3) is 23.4 Å². The lowest BCUT2D eigenvalue weighted by Crippen LogP contribution is -2.50. The molecule has 8 nitrogen and oxygen atoms in total. The number of nitro groups is 1. The summed E-state index contributed by atoms with van der Waals surface area (Å²) in [7, 11) is 0. The number of nitrogens with zero attached hydrogens (tertiary/aromatic N) is 3. The van der Waals surface area contributed by atoms with E-state index in [-0.39, 0.29) is 27.4 Å². The van der Waals surface area contributed by atoms with E-state index in [1.807, 2.05) is 6.07 Å². The van der Waals surface area contributed by atoms with Gasteiger partial charge in [-0.25, -0.2) is 5.01 Å². The lowest BCUT2D eigenvalue weighted by Gasteiger charge is -2.30. The van der Waals surface area contributed by atoms with Crippen LogP contribution in [0.3, 0.4) is 0 Å². The Bertz CT molecular complexity index is 1050. The number of fused-ring (bicyclic) bond motifs is 1. The van der Waals surface area contributed by atoms with Crippen molar-refractivity contribution in [1.29, 1.82) is 0 Å². The Morgan fingerprint density at radius 2 is 1.50 bits per heavy atom. The first kappa shape index (κ1) is 22.6. The number of alkyl halides is 2. The highest BCUT2D eigenvalue weighted by Gasteiger charge is 2.54. The Labute approximate surface area is 200 Å². The number of hydrazine groups is 1. The summed E-state index contributed by atoms with van der Waals surface area (Å²) in [5.41, 5.74) is 0.125. The van der Waals surface area contributed by atoms with E-state index in [1.54, 1.807) is 24.3 Å². The minimum Gasteiger partial charge on any atom is -0.272 e. The van der Waals surface area contributed by atoms with Crippen LogP contribution in [0, 0.1) is 22.0 Å². The highest BCUT2D eigenvalue weighted by Crippen LogP contribution is 2.44. The summed E-state index contributed by atoms with van der Waals surface area (Å²) in [6.45, 7) is -0.0713. The standard InChI is InChI=1S/C22H19Br2N3O5/c23-17-10-15-16(11-18(17)24)22(30)26(21(15)29)25(12-13-6-2-1-3-7-13)20(28)14-8-4-5-9-19(14)27(31)32/h1-9,15-18H,10-12H2/t15-,16+,17+,18-. The Morgan fingerprint density at radius 3 is 2.06 bits per heavy atom. The van der Waals surface area contributed by atoms with Crippen molar-refractivity contribution in [2.45, 2.75) is 29.0 Å². The van der Waals surface area contributed by atoms with Gasteiger partial charge >= 0.3 is 0 Å². The van der Waals surface area contributed by atoms with Crippen LogP contribution in [0.2, 0.25) is 0 Å². The molecule has 1 aliphatic carbocycles. The number of amides is 3. The molecule has 1 heterocycles. The van der Waals surface area contributed by atoms with Crippen molar-refractivity contribution < 1.29 is 19.3 Å². The molecule has 2 aromatic carbocycles. The first-order chi connectivity index (χ1) is 15.3. The molecular formula is C22H19Br2N3O5. The number of carbonyl (C=O) groups is 3. The summed E-state index contributed by atoms with van der Waals surface area (Å²) in [6.07, 6.45) is 0.918. The quantitative estimate of drug-likeness (QED) is 0.236. The van der Waals surface area contributed by atoms with Crippen LogP contribution in [0.25, 0.3) is 0 Å². The molecule has 0 N–H and O–H groups in total. The monoisotopic (exact) mass is 563 g/mol. The number of imide groups is 1. The normalized spacial score (nSPS) is 24.9. The van der Waals surface area contributed by atoms with Crippen LogP contribution in [-0.2, 0) is 16.1 Å². The molecule has 0 spiro atoms. The van der Waals surface area contributed by atoms with Crippen molar-refractivity contribution in [3.8, 4) is 0 Å². The van der Waals surface area contributed by atoms with Crippen molar-refractivity contribution in [2.75, 3.05) is 0 Å². The van der Waals surface area contributed by atoms with Gasteiger partial charge in [0.05, 0.1) is 23.3 Å². The molecule has 0 bridgehead atoms. The number of rotatable bonds is 5. The second kappa shape index (κ2) is 9.11. The van der Waals surface area contributed by atoms with E-state index in [1.165, 1.54) is 24.3 Å². The first-order valence-electron chi connectivity index (χ1n) is 10.0. The van der Waals surface area contributed by atoms with Crippen molar-refractivity contribution in [3.05, 3.63) is 75.8 Å². The highest BCUT2D eigenvalue weighted by atomic mass is 79.9. The van der Waals surface area contributed by atoms with E-state index < -0.39 is 34.5 Å². The number of hydrogen-bond donors (Lipinski definition) is 0. The van der Waals surface area contributed by atoms with Gasteiger partial charge in [-0.3, -0.25) is 24.5 Å². The summed E-state index contributed by atoms with van der Waals surface area (Å²) in [5.74, 6) is -2.76. The number of nitro benzene ring substituents is 1. The minimum absolute atomic E-state index is 0.0222. The molecule has 0 radical (unpaired) electrons. The first-order valence-corrected chi connectivity index (χ1v) is 11.9. The van der Waals surface area contributed by atoms with Crippen LogP contribution in [-0.4, -0.2) is 42.3 Å². The molecule has 1 saturated heterocycles. The fourth-order valence-corrected chi connectivity index (χ4v) is 5.50. The maximum absolute atomic E-state index is 13.5. The van der Waals surface area contributed by atoms with Gasteiger partial charge in [0.2, 0.25) is 0 Å². The zero-order valence-corrected chi connectivity index (χ0v) is 19.9. The van der Waals surface area contributed by atoms with Crippen LogP contribution in [0.5, 0.6) is 0 Å². The highest BCUT2D eigenvalue weighted by molar-refractivity contribution is 9.12. The summed E-state index contributed by atoms with van der Waals surface area (Å²) < 4.78 is 0. The molecule has 0 aromatic heterocycles. The van der Waals surface area contributed by atoms with Gasteiger partial charge in [-0.1, -0.05) is 74.3 Å². The number of hydrogen-bond acceptors (Lipinski definition) is 5. The van der Waals surface area contributed by atoms with Gasteiger partial charge in [-0.2, -0.15) is 5.01 Å². The zero-order valence-electron chi connectivity index (χ0n) is 16.8. The number of benzene rings is 2. The third-order valence-electron chi connectivity index (χ3n) is 5.87. The van der Waals surface area contributed by atoms with E-state index in [0.29, 0.717) is 18.4 Å². The van der Waals surface area contributed by atoms with Gasteiger partial charge < -0.3 is 0 Å². The van der Waals surface area contributed by atoms with Crippen LogP contribution in [0.4, 0.5) is 5.69 Å². The Kier molecular flexibility index (Phi) is 6.43. The molecule has 166 valence electrons. The van der Waals surface area contributed by atoms with Gasteiger partial charge in [-0.05, 0) is 24.5 Å². The second-order valence-electron chi connectivity index (χ2n) is 7.83. The summed E-state index contributed by atoms with van der Waals surface area (Å²) >= 11 is 7.11. The molecular weight excluding hydrogens is 546 g/mol. The van der Waals surface area contributed by atoms with Gasteiger partial charge in [0.15, 0.2) is 0 Å². The Morgan fingerprint density at radius 1 is 0.969 bits per heavy atom. The maximum atomic E-state index is 13.5. The van der Waals surface area contributed by atoms with E-state index in [0.717, 1.165) is 10.0 Å². The van der Waals surface area contributed by atoms with Crippen LogP contribution >= 0.6 is 31.9 Å². The van der Waals surface area contributed by atoms with Crippen molar-refractivity contribution in [3.63, 3.8) is 0 Å². The summed E-state index contributed by atoms with van der Waals surface area (Å²) in [6, 6.07) is 14.4. The maximum Gasteiger partial charge on any atom is 0.282 e. The lowest BCUT2D eigenvalue weighted by molar-refractivity contribution is -0.385. The summed E-state index contributed by atoms with van der Waals surface area (Å²) in [4.78, 5) is 51.1. The molecule has 2 aromatic rings. The number of carbonyl (C=O) groups excluding carboxylic acids is 3. The van der Waals surface area contributed by atoms with Crippen LogP contribution in [0.1, 0.15) is 28.8 Å². The molecule has 3 amide bonds. The van der Waals surface area contributed by atoms with E-state index >= 15 is 0 Å². The largest absolute Gasteiger partial charge is 0.282 e. The van der Waals surface area contributed by atoms with Crippen molar-refractivity contribution in [1.82, 2.24) is 10.0 Å². The van der Waals surface area contributed by atoms with Crippen molar-refractivity contribution in [2.24, 2.45) is 11.8 Å². The average Bonchev–Trinajstić information content (AvgIpc) is 3.02. The topological polar surface area (TPSA) is 101 Å². The molecule has 32 heavy (non-hydrogen) atoms. The Hall–Kier alpha value is -2.59. The SMILES string of the molecule is O=C(c1ccccc1[N+](=O)[O-])N(Cc1ccccc1)N1C(=O)[C@H]2C[C@@H](Br)[C@@H](Br)C[C@H]2C1=O. The zero-order chi connectivity index (χ0) is 23.0. The Balaban J connectivity index is 1.75. The lowest BCUT2D eigenvalue weighted by atomic mass is 9.81. The average molecular weight is 565 g/mol. The van der Waals surface area contributed by atoms with Crippen molar-refractivity contribution >= 4 is 55.3 Å². The van der Waals surface area contributed by atoms with Gasteiger partial charge in [0, 0.05) is 15.7 Å². The van der Waals surface area contributed by atoms with E-state index in [2.05, 4.69) is 31.9 Å². The molecule has 1 aliphatic heterocycles. The second-order valence-corrected chi connectivity index (χ2v) is 10.2. The molecule has 1 saturated carbocycles. The molecule has 10 heteroatoms. The fraction of sp³-hybridized carbons (Fsp3) is 0.318. The molecule has 4 atom stereocenters. The predicted octanol–water partition coefficient (Wildman–Crippen LogP) is 4.07. The molecule has 2 fully saturated rings. The molecule has 4 rings (SSSR count). The van der Waals surface area contributed by atoms with Gasteiger partial charge in [0.1, 0.15) is 5.56 Å². The summed E-state index contributed by atoms with van der Waals surface area (Å²) in [5, 5.41) is 13.5. The number of halogens is 2. The fourth-order valence-electron chi connectivity index (χ4n) is 4.26. The van der Waals surface area contributed by atoms with Crippen LogP contribution < -0.4 is 0 Å². The van der Waals surface area contributed by atoms with E-state index in [9.17, 15) is 24.5 Å². The molecule has 2 aliphatic rings. The van der Waals surface area contributed by atoms with Gasteiger partial charge in [-0.15, -0.1) is 0 Å². The van der Waals surface area contributed by atoms with E-state index in [4.69, 9.17) is 0 Å². The third-order valence-corrected chi connectivity index (χ3v) is 8.60. The molecule has 0 unspecified atom stereocenters. The number of para-hydroxylation sites is 1. The predicted molar refractivity (Wildman–Crippen MR) is 123 cm³/mol. The van der Waals surface area contributed by atoms with Crippen LogP contribution in [0.15, 0.2) is 54.6 Å². The third kappa shape index (κ3) is 4.09. The smallest absolute Gasteiger partial charge is 0.272 e. The minimum atomic E-state index is -0.771.